The summed E-state index contributed by atoms with van der Waals surface area (Å²) in [6, 6.07) is 5.71. The third kappa shape index (κ3) is 3.16. The van der Waals surface area contributed by atoms with Gasteiger partial charge in [-0.2, -0.15) is 0 Å². The fourth-order valence-corrected chi connectivity index (χ4v) is 2.64. The molecule has 2 N–H and O–H groups in total. The first-order valence-corrected chi connectivity index (χ1v) is 7.33. The number of aryl methyl sites for hydroxylation is 1. The van der Waals surface area contributed by atoms with E-state index in [2.05, 4.69) is 10.3 Å². The third-order valence-corrected chi connectivity index (χ3v) is 4.11. The molecule has 0 amide bonds. The molecule has 2 rings (SSSR count). The third-order valence-electron chi connectivity index (χ3n) is 3.35. The zero-order valence-corrected chi connectivity index (χ0v) is 13.2. The van der Waals surface area contributed by atoms with E-state index in [-0.39, 0.29) is 0 Å². The summed E-state index contributed by atoms with van der Waals surface area (Å²) in [5, 5.41) is 14.9. The first kappa shape index (κ1) is 15.3. The van der Waals surface area contributed by atoms with Crippen molar-refractivity contribution in [2.45, 2.75) is 26.2 Å². The second-order valence-electron chi connectivity index (χ2n) is 5.27. The van der Waals surface area contributed by atoms with Gasteiger partial charge in [-0.1, -0.05) is 0 Å². The number of benzene rings is 1. The van der Waals surface area contributed by atoms with Gasteiger partial charge in [-0.15, -0.1) is 11.3 Å². The molecule has 1 aromatic carbocycles. The summed E-state index contributed by atoms with van der Waals surface area (Å²) in [7, 11) is 1.63. The number of ether oxygens (including phenoxy) is 1. The molecule has 5 nitrogen and oxygen atoms in total. The lowest BCUT2D eigenvalue weighted by molar-refractivity contribution is -0.142. The van der Waals surface area contributed by atoms with Crippen LogP contribution in [-0.2, 0) is 10.2 Å². The minimum atomic E-state index is -0.995. The molecule has 0 atom stereocenters. The highest BCUT2D eigenvalue weighted by atomic mass is 32.1. The van der Waals surface area contributed by atoms with Crippen molar-refractivity contribution in [2.75, 3.05) is 12.4 Å². The van der Waals surface area contributed by atoms with Crippen molar-refractivity contribution in [3.05, 3.63) is 34.8 Å². The van der Waals surface area contributed by atoms with Crippen LogP contribution in [-0.4, -0.2) is 23.2 Å². The van der Waals surface area contributed by atoms with Gasteiger partial charge >= 0.3 is 5.97 Å². The average molecular weight is 306 g/mol. The molecule has 0 aliphatic heterocycles. The molecule has 0 spiro atoms. The molecule has 112 valence electrons. The molecule has 2 aromatic rings. The predicted molar refractivity (Wildman–Crippen MR) is 83.8 cm³/mol. The molecule has 0 fully saturated rings. The van der Waals surface area contributed by atoms with Crippen LogP contribution in [0.2, 0.25) is 0 Å². The van der Waals surface area contributed by atoms with Gasteiger partial charge in [0.15, 0.2) is 5.13 Å². The number of nitrogens with zero attached hydrogens (tertiary/aromatic N) is 1. The summed E-state index contributed by atoms with van der Waals surface area (Å²) in [6.45, 7) is 5.26. The molecule has 1 heterocycles. The molecule has 21 heavy (non-hydrogen) atoms. The van der Waals surface area contributed by atoms with Gasteiger partial charge in [0, 0.05) is 11.1 Å². The van der Waals surface area contributed by atoms with Gasteiger partial charge in [-0.25, -0.2) is 4.98 Å². The quantitative estimate of drug-likeness (QED) is 0.883. The molecular weight excluding hydrogens is 288 g/mol. The predicted octanol–water partition coefficient (Wildman–Crippen LogP) is 3.57. The molecular formula is C15H18N2O3S. The lowest BCUT2D eigenvalue weighted by Gasteiger charge is -2.15. The molecule has 6 heteroatoms. The number of methoxy groups -OCH3 is 1. The van der Waals surface area contributed by atoms with Gasteiger partial charge < -0.3 is 15.2 Å². The SMILES string of the molecule is COc1ccc(Nc2nc(C(C)(C)C(=O)O)cs2)c(C)c1. The van der Waals surface area contributed by atoms with E-state index in [1.165, 1.54) is 11.3 Å². The summed E-state index contributed by atoms with van der Waals surface area (Å²) in [5.41, 5.74) is 1.51. The second kappa shape index (κ2) is 5.73. The Labute approximate surface area is 127 Å². The van der Waals surface area contributed by atoms with Crippen LogP contribution in [0.3, 0.4) is 0 Å². The lowest BCUT2D eigenvalue weighted by Crippen LogP contribution is -2.28. The van der Waals surface area contributed by atoms with E-state index in [1.807, 2.05) is 25.1 Å². The monoisotopic (exact) mass is 306 g/mol. The molecule has 0 radical (unpaired) electrons. The zero-order valence-electron chi connectivity index (χ0n) is 12.4. The Balaban J connectivity index is 2.22. The van der Waals surface area contributed by atoms with Crippen LogP contribution in [0.15, 0.2) is 23.6 Å². The Hall–Kier alpha value is -2.08. The Kier molecular flexibility index (Phi) is 4.18. The van der Waals surface area contributed by atoms with Crippen LogP contribution < -0.4 is 10.1 Å². The number of aliphatic carboxylic acids is 1. The topological polar surface area (TPSA) is 71.5 Å². The molecule has 0 aliphatic carbocycles. The number of hydrogen-bond acceptors (Lipinski definition) is 5. The van der Waals surface area contributed by atoms with Crippen molar-refractivity contribution in [3.63, 3.8) is 0 Å². The number of rotatable bonds is 5. The van der Waals surface area contributed by atoms with E-state index in [0.29, 0.717) is 10.8 Å². The number of carbonyl (C=O) groups is 1. The highest BCUT2D eigenvalue weighted by Gasteiger charge is 2.32. The number of carboxylic acids is 1. The normalized spacial score (nSPS) is 11.2. The minimum Gasteiger partial charge on any atom is -0.497 e. The Bertz CT molecular complexity index is 665. The van der Waals surface area contributed by atoms with Crippen molar-refractivity contribution < 1.29 is 14.6 Å². The fraction of sp³-hybridized carbons (Fsp3) is 0.333. The summed E-state index contributed by atoms with van der Waals surface area (Å²) < 4.78 is 5.17. The van der Waals surface area contributed by atoms with Crippen LogP contribution in [0.25, 0.3) is 0 Å². The summed E-state index contributed by atoms with van der Waals surface area (Å²) >= 11 is 1.39. The van der Waals surface area contributed by atoms with Gasteiger partial charge in [0.1, 0.15) is 11.2 Å². The zero-order chi connectivity index (χ0) is 15.6. The average Bonchev–Trinajstić information content (AvgIpc) is 2.90. The van der Waals surface area contributed by atoms with Crippen molar-refractivity contribution >= 4 is 28.1 Å². The molecule has 0 saturated carbocycles. The van der Waals surface area contributed by atoms with Crippen LogP contribution >= 0.6 is 11.3 Å². The summed E-state index contributed by atoms with van der Waals surface area (Å²) in [6.07, 6.45) is 0. The van der Waals surface area contributed by atoms with Crippen molar-refractivity contribution in [2.24, 2.45) is 0 Å². The van der Waals surface area contributed by atoms with E-state index in [1.54, 1.807) is 26.3 Å². The van der Waals surface area contributed by atoms with Crippen molar-refractivity contribution in [1.29, 1.82) is 0 Å². The Morgan fingerprint density at radius 2 is 2.14 bits per heavy atom. The fourth-order valence-electron chi connectivity index (χ4n) is 1.75. The Morgan fingerprint density at radius 3 is 2.71 bits per heavy atom. The van der Waals surface area contributed by atoms with E-state index in [4.69, 9.17) is 4.74 Å². The van der Waals surface area contributed by atoms with Crippen LogP contribution in [0.1, 0.15) is 25.1 Å². The number of anilines is 2. The van der Waals surface area contributed by atoms with Gasteiger partial charge in [0.2, 0.25) is 0 Å². The van der Waals surface area contributed by atoms with Crippen LogP contribution in [0.4, 0.5) is 10.8 Å². The maximum atomic E-state index is 11.2. The largest absolute Gasteiger partial charge is 0.497 e. The molecule has 0 saturated heterocycles. The Morgan fingerprint density at radius 1 is 1.43 bits per heavy atom. The highest BCUT2D eigenvalue weighted by Crippen LogP contribution is 2.30. The number of carboxylic acid groups (broad SMARTS) is 1. The van der Waals surface area contributed by atoms with Crippen LogP contribution in [0.5, 0.6) is 5.75 Å². The second-order valence-corrected chi connectivity index (χ2v) is 6.13. The maximum Gasteiger partial charge on any atom is 0.315 e. The molecule has 0 bridgehead atoms. The molecule has 0 unspecified atom stereocenters. The van der Waals surface area contributed by atoms with Crippen molar-refractivity contribution in [1.82, 2.24) is 4.98 Å². The van der Waals surface area contributed by atoms with Crippen LogP contribution in [0, 0.1) is 6.92 Å². The standard InChI is InChI=1S/C15H18N2O3S/c1-9-7-10(20-4)5-6-11(9)16-14-17-12(8-21-14)15(2,3)13(18)19/h5-8H,1-4H3,(H,16,17)(H,18,19). The minimum absolute atomic E-state index is 0.550. The first-order chi connectivity index (χ1) is 9.84. The van der Waals surface area contributed by atoms with Gasteiger partial charge in [-0.3, -0.25) is 4.79 Å². The number of aromatic nitrogens is 1. The first-order valence-electron chi connectivity index (χ1n) is 6.45. The van der Waals surface area contributed by atoms with Gasteiger partial charge in [-0.05, 0) is 44.5 Å². The van der Waals surface area contributed by atoms with E-state index < -0.39 is 11.4 Å². The van der Waals surface area contributed by atoms with Gasteiger partial charge in [0.25, 0.3) is 0 Å². The summed E-state index contributed by atoms with van der Waals surface area (Å²) in [4.78, 5) is 15.6. The van der Waals surface area contributed by atoms with E-state index >= 15 is 0 Å². The smallest absolute Gasteiger partial charge is 0.315 e. The number of hydrogen-bond donors (Lipinski definition) is 2. The number of nitrogens with one attached hydrogen (secondary N) is 1. The lowest BCUT2D eigenvalue weighted by atomic mass is 9.90. The molecule has 0 aliphatic rings. The maximum absolute atomic E-state index is 11.2. The number of thiazole rings is 1. The van der Waals surface area contributed by atoms with E-state index in [9.17, 15) is 9.90 Å². The van der Waals surface area contributed by atoms with Gasteiger partial charge in [0.05, 0.1) is 12.8 Å². The summed E-state index contributed by atoms with van der Waals surface area (Å²) in [5.74, 6) is -0.0927. The highest BCUT2D eigenvalue weighted by molar-refractivity contribution is 7.13. The molecule has 1 aromatic heterocycles. The van der Waals surface area contributed by atoms with Crippen molar-refractivity contribution in [3.8, 4) is 5.75 Å². The van der Waals surface area contributed by atoms with E-state index in [0.717, 1.165) is 17.0 Å².